The summed E-state index contributed by atoms with van der Waals surface area (Å²) in [5, 5.41) is 0. The minimum Gasteiger partial charge on any atom is -0.465 e. The van der Waals surface area contributed by atoms with Crippen molar-refractivity contribution in [3.05, 3.63) is 24.8 Å². The van der Waals surface area contributed by atoms with Gasteiger partial charge in [0.1, 0.15) is 5.60 Å². The van der Waals surface area contributed by atoms with Crippen molar-refractivity contribution in [2.24, 2.45) is 106 Å². The third kappa shape index (κ3) is 20.2. The molecule has 8 heteroatoms. The van der Waals surface area contributed by atoms with Crippen molar-refractivity contribution in [1.82, 2.24) is 0 Å². The number of unbranched alkanes of at least 4 members (excludes halogenated alkanes) is 11. The van der Waals surface area contributed by atoms with Gasteiger partial charge in [0.2, 0.25) is 0 Å². The van der Waals surface area contributed by atoms with E-state index in [-0.39, 0.29) is 34.9 Å². The lowest BCUT2D eigenvalue weighted by atomic mass is 9.60. The van der Waals surface area contributed by atoms with Crippen molar-refractivity contribution < 1.29 is 38.1 Å². The van der Waals surface area contributed by atoms with E-state index in [0.717, 1.165) is 118 Å². The van der Waals surface area contributed by atoms with Crippen LogP contribution in [0.2, 0.25) is 0 Å². The maximum Gasteiger partial charge on any atom is 0.333 e. The molecule has 8 aliphatic rings. The molecule has 7 saturated carbocycles. The number of hydrogen-bond donors (Lipinski definition) is 0. The second-order valence-corrected chi connectivity index (χ2v) is 33.5. The molecular weight excluding hydrogens is 1120 g/mol. The molecule has 91 heavy (non-hydrogen) atoms. The first-order valence-electron chi connectivity index (χ1n) is 40.1. The lowest BCUT2D eigenvalue weighted by molar-refractivity contribution is -0.173. The Hall–Kier alpha value is -2.64. The Balaban J connectivity index is 0.866. The molecule has 0 spiro atoms. The number of hydrogen-bond acceptors (Lipinski definition) is 8. The molecule has 18 unspecified atom stereocenters. The SMILES string of the molecule is C=CC(=O)OCC1CC2C3CC(C2C1)C(C1(CC)CCCCC(C)(CCC)CCC2C(CCCCCCCC)CCC(CCCCCCCC(CC)(CCCCC)C(=O)OCC4C[C@H]5CC4C4CC(COC(=O)C(=C)C)CC45)C2CCCCCCCCC(=O)O1)C3. The van der Waals surface area contributed by atoms with E-state index in [1.54, 1.807) is 6.92 Å². The smallest absolute Gasteiger partial charge is 0.333 e. The van der Waals surface area contributed by atoms with Gasteiger partial charge in [-0.1, -0.05) is 202 Å². The van der Waals surface area contributed by atoms with E-state index in [2.05, 4.69) is 54.7 Å². The van der Waals surface area contributed by atoms with E-state index in [9.17, 15) is 19.2 Å². The molecule has 7 aliphatic carbocycles. The highest BCUT2D eigenvalue weighted by atomic mass is 16.6. The summed E-state index contributed by atoms with van der Waals surface area (Å²) in [6.07, 6.45) is 57.7. The topological polar surface area (TPSA) is 105 Å². The van der Waals surface area contributed by atoms with Gasteiger partial charge >= 0.3 is 23.9 Å². The van der Waals surface area contributed by atoms with E-state index in [1.807, 2.05) is 0 Å². The number of carbonyl (C=O) groups is 4. The first-order chi connectivity index (χ1) is 44.1. The number of fused-ring (bicyclic) bond motifs is 11. The molecule has 0 aromatic carbocycles. The van der Waals surface area contributed by atoms with Gasteiger partial charge in [0, 0.05) is 24.0 Å². The van der Waals surface area contributed by atoms with Crippen LogP contribution in [-0.2, 0) is 38.1 Å². The monoisotopic (exact) mass is 1270 g/mol. The fourth-order valence-electron chi connectivity index (χ4n) is 22.7. The first-order valence-corrected chi connectivity index (χ1v) is 40.1. The highest BCUT2D eigenvalue weighted by Gasteiger charge is 2.61. The molecule has 0 amide bonds. The number of ether oxygens (including phenoxy) is 4. The molecule has 8 nitrogen and oxygen atoms in total. The highest BCUT2D eigenvalue weighted by molar-refractivity contribution is 5.86. The Morgan fingerprint density at radius 3 is 1.75 bits per heavy atom. The van der Waals surface area contributed by atoms with Crippen LogP contribution < -0.4 is 0 Å². The van der Waals surface area contributed by atoms with E-state index in [0.29, 0.717) is 90.5 Å². The quantitative estimate of drug-likeness (QED) is 0.0277. The minimum absolute atomic E-state index is 0.0626. The van der Waals surface area contributed by atoms with Gasteiger partial charge in [0.15, 0.2) is 0 Å². The van der Waals surface area contributed by atoms with Crippen molar-refractivity contribution >= 4 is 23.9 Å². The largest absolute Gasteiger partial charge is 0.465 e. The van der Waals surface area contributed by atoms with Crippen LogP contribution in [-0.4, -0.2) is 49.3 Å². The third-order valence-electron chi connectivity index (χ3n) is 27.6. The molecule has 0 aromatic rings. The van der Waals surface area contributed by atoms with E-state index in [1.165, 1.54) is 218 Å². The molecule has 1 heterocycles. The zero-order valence-electron chi connectivity index (χ0n) is 60.1. The zero-order chi connectivity index (χ0) is 64.8. The lowest BCUT2D eigenvalue weighted by Gasteiger charge is -2.46. The van der Waals surface area contributed by atoms with Crippen LogP contribution in [0.4, 0.5) is 0 Å². The Morgan fingerprint density at radius 2 is 1.10 bits per heavy atom. The van der Waals surface area contributed by atoms with Gasteiger partial charge in [-0.05, 0) is 242 Å². The van der Waals surface area contributed by atoms with Crippen LogP contribution >= 0.6 is 0 Å². The standard InChI is InChI=1S/C83H140O8/c1-10-16-18-19-23-28-37-64-41-40-63(36-29-24-22-27-33-46-82(14-5,45-32-17-11-2)80(87)90-59-67-53-65-54-72(67)73-51-62(50-70(65)73)58-89-79(86)60(7)8)68-38-30-25-20-21-26-31-39-78(85)91-83(15-6,47-35-34-44-81(9,43-12-3)48-42-69(64)68)76-56-66-55-75(76)74-52-61(49-71(66)74)57-88-77(84)13-4/h13,61-76H,4,7,10-12,14-59H2,1-3,5-6,8-9H3/t61?,62?,63?,64?,65-,66?,67?,68?,69?,70?,71?,72?,73?,74?,75?,76?,81?,82?,83?/m0/s1. The summed E-state index contributed by atoms with van der Waals surface area (Å²) < 4.78 is 24.8. The Kier molecular flexibility index (Phi) is 30.3. The zero-order valence-corrected chi connectivity index (χ0v) is 60.1. The normalized spacial score (nSPS) is 36.0. The number of cyclic esters (lactones) is 1. The first kappa shape index (κ1) is 74.2. The van der Waals surface area contributed by atoms with Crippen molar-refractivity contribution in [2.75, 3.05) is 19.8 Å². The molecule has 1 aliphatic heterocycles. The summed E-state index contributed by atoms with van der Waals surface area (Å²) in [6.45, 7) is 25.1. The minimum atomic E-state index is -0.370. The Labute approximate surface area is 558 Å². The molecule has 0 radical (unpaired) electrons. The third-order valence-corrected chi connectivity index (χ3v) is 27.6. The average molecular weight is 1270 g/mol. The van der Waals surface area contributed by atoms with Gasteiger partial charge in [-0.25, -0.2) is 9.59 Å². The molecule has 520 valence electrons. The van der Waals surface area contributed by atoms with Gasteiger partial charge in [-0.3, -0.25) is 9.59 Å². The van der Waals surface area contributed by atoms with Gasteiger partial charge in [0.25, 0.3) is 0 Å². The molecular formula is C83H140O8. The molecule has 0 N–H and O–H groups in total. The van der Waals surface area contributed by atoms with Crippen LogP contribution in [0.3, 0.4) is 0 Å². The summed E-state index contributed by atoms with van der Waals surface area (Å²) in [5.41, 5.74) is 0.0872. The van der Waals surface area contributed by atoms with Crippen LogP contribution in [0.5, 0.6) is 0 Å². The summed E-state index contributed by atoms with van der Waals surface area (Å²) in [4.78, 5) is 52.9. The van der Waals surface area contributed by atoms with Crippen molar-refractivity contribution in [3.63, 3.8) is 0 Å². The maximum atomic E-state index is 14.5. The van der Waals surface area contributed by atoms with Crippen LogP contribution in [0.25, 0.3) is 0 Å². The van der Waals surface area contributed by atoms with Gasteiger partial charge in [-0.15, -0.1) is 0 Å². The molecule has 0 aromatic heterocycles. The fourth-order valence-corrected chi connectivity index (χ4v) is 22.7. The molecule has 8 rings (SSSR count). The van der Waals surface area contributed by atoms with Crippen molar-refractivity contribution in [1.29, 1.82) is 0 Å². The number of esters is 4. The predicted molar refractivity (Wildman–Crippen MR) is 374 cm³/mol. The number of carbonyl (C=O) groups excluding carboxylic acids is 4. The predicted octanol–water partition coefficient (Wildman–Crippen LogP) is 22.7. The van der Waals surface area contributed by atoms with Crippen LogP contribution in [0.15, 0.2) is 24.8 Å². The maximum absolute atomic E-state index is 14.5. The van der Waals surface area contributed by atoms with E-state index < -0.39 is 0 Å². The second-order valence-electron chi connectivity index (χ2n) is 33.5. The Bertz CT molecular complexity index is 2220. The lowest BCUT2D eigenvalue weighted by Crippen LogP contribution is -2.47. The summed E-state index contributed by atoms with van der Waals surface area (Å²) in [5.74, 6) is 10.4. The van der Waals surface area contributed by atoms with Gasteiger partial charge in [-0.2, -0.15) is 0 Å². The van der Waals surface area contributed by atoms with E-state index in [4.69, 9.17) is 18.9 Å². The molecule has 1 saturated heterocycles. The van der Waals surface area contributed by atoms with Crippen molar-refractivity contribution in [2.45, 2.75) is 349 Å². The highest BCUT2D eigenvalue weighted by Crippen LogP contribution is 2.66. The summed E-state index contributed by atoms with van der Waals surface area (Å²) >= 11 is 0. The summed E-state index contributed by atoms with van der Waals surface area (Å²) in [6, 6.07) is 0. The van der Waals surface area contributed by atoms with Gasteiger partial charge < -0.3 is 18.9 Å². The van der Waals surface area contributed by atoms with Crippen molar-refractivity contribution in [3.8, 4) is 0 Å². The van der Waals surface area contributed by atoms with Gasteiger partial charge in [0.05, 0.1) is 25.2 Å². The summed E-state index contributed by atoms with van der Waals surface area (Å²) in [7, 11) is 0. The molecule has 8 fully saturated rings. The second kappa shape index (κ2) is 37.2. The molecule has 19 atom stereocenters. The number of rotatable bonds is 33. The fraction of sp³-hybridized carbons (Fsp3) is 0.904. The van der Waals surface area contributed by atoms with Crippen LogP contribution in [0.1, 0.15) is 344 Å². The molecule has 4 bridgehead atoms. The van der Waals surface area contributed by atoms with Crippen LogP contribution in [0, 0.1) is 106 Å². The Morgan fingerprint density at radius 1 is 0.538 bits per heavy atom. The van der Waals surface area contributed by atoms with E-state index >= 15 is 0 Å². The average Bonchev–Trinajstić information content (AvgIpc) is 1.59.